The molecule has 3 rings (SSSR count). The van der Waals surface area contributed by atoms with Crippen LogP contribution in [-0.2, 0) is 16.3 Å². The summed E-state index contributed by atoms with van der Waals surface area (Å²) < 4.78 is 23.7. The summed E-state index contributed by atoms with van der Waals surface area (Å²) in [6, 6.07) is 14.5. The lowest BCUT2D eigenvalue weighted by atomic mass is 9.96. The van der Waals surface area contributed by atoms with Crippen LogP contribution >= 0.6 is 0 Å². The van der Waals surface area contributed by atoms with Gasteiger partial charge in [0.2, 0.25) is 0 Å². The molecule has 25 heavy (non-hydrogen) atoms. The smallest absolute Gasteiger partial charge is 0.310 e. The van der Waals surface area contributed by atoms with Gasteiger partial charge in [0, 0.05) is 12.8 Å². The van der Waals surface area contributed by atoms with Crippen molar-refractivity contribution >= 4 is 21.2 Å². The van der Waals surface area contributed by atoms with Crippen LogP contribution in [0.4, 0.5) is 11.4 Å². The molecule has 0 bridgehead atoms. The van der Waals surface area contributed by atoms with Crippen LogP contribution < -0.4 is 5.32 Å². The van der Waals surface area contributed by atoms with Crippen LogP contribution in [-0.4, -0.2) is 26.1 Å². The summed E-state index contributed by atoms with van der Waals surface area (Å²) in [5, 5.41) is 14.5. The van der Waals surface area contributed by atoms with Crippen molar-refractivity contribution in [1.29, 1.82) is 0 Å². The number of hydrogen-bond acceptors (Lipinski definition) is 5. The van der Waals surface area contributed by atoms with E-state index in [9.17, 15) is 18.5 Å². The predicted molar refractivity (Wildman–Crippen MR) is 96.5 cm³/mol. The van der Waals surface area contributed by atoms with Gasteiger partial charge in [0.1, 0.15) is 10.6 Å². The highest BCUT2D eigenvalue weighted by molar-refractivity contribution is 7.90. The highest BCUT2D eigenvalue weighted by Crippen LogP contribution is 2.48. The van der Waals surface area contributed by atoms with Crippen LogP contribution in [0.3, 0.4) is 0 Å². The van der Waals surface area contributed by atoms with Crippen molar-refractivity contribution < 1.29 is 13.3 Å². The average Bonchev–Trinajstić information content (AvgIpc) is 3.32. The third kappa shape index (κ3) is 3.99. The predicted octanol–water partition coefficient (Wildman–Crippen LogP) is 3.43. The molecule has 1 saturated carbocycles. The Morgan fingerprint density at radius 1 is 1.12 bits per heavy atom. The number of rotatable bonds is 7. The standard InChI is InChI=1S/C18H20N2O4S/c1-25(23,24)16-9-5-8-15(17(16)20(21)22)19-13-18(10-11-18)12-14-6-3-2-4-7-14/h2-9,19H,10-13H2,1H3. The Bertz CT molecular complexity index is 891. The fourth-order valence-electron chi connectivity index (χ4n) is 3.06. The van der Waals surface area contributed by atoms with Gasteiger partial charge in [0.15, 0.2) is 9.84 Å². The molecule has 1 aliphatic rings. The molecule has 132 valence electrons. The number of para-hydroxylation sites is 1. The Labute approximate surface area is 147 Å². The van der Waals surface area contributed by atoms with Crippen molar-refractivity contribution in [2.45, 2.75) is 24.2 Å². The second kappa shape index (κ2) is 6.48. The normalized spacial score (nSPS) is 15.6. The molecule has 0 saturated heterocycles. The maximum atomic E-state index is 11.8. The van der Waals surface area contributed by atoms with Crippen molar-refractivity contribution in [1.82, 2.24) is 0 Å². The van der Waals surface area contributed by atoms with E-state index >= 15 is 0 Å². The number of anilines is 1. The van der Waals surface area contributed by atoms with Crippen LogP contribution in [0.2, 0.25) is 0 Å². The molecule has 0 atom stereocenters. The molecule has 1 fully saturated rings. The third-order valence-corrected chi connectivity index (χ3v) is 5.74. The largest absolute Gasteiger partial charge is 0.379 e. The first-order valence-corrected chi connectivity index (χ1v) is 9.95. The van der Waals surface area contributed by atoms with Crippen molar-refractivity contribution in [2.24, 2.45) is 5.41 Å². The minimum Gasteiger partial charge on any atom is -0.379 e. The molecule has 1 N–H and O–H groups in total. The van der Waals surface area contributed by atoms with Crippen molar-refractivity contribution in [2.75, 3.05) is 18.1 Å². The first-order chi connectivity index (χ1) is 11.8. The number of nitrogens with zero attached hydrogens (tertiary/aromatic N) is 1. The molecular weight excluding hydrogens is 340 g/mol. The first-order valence-electron chi connectivity index (χ1n) is 8.06. The summed E-state index contributed by atoms with van der Waals surface area (Å²) in [5.74, 6) is 0. The Balaban J connectivity index is 1.81. The number of sulfone groups is 1. The molecule has 0 heterocycles. The second-order valence-corrected chi connectivity index (χ2v) is 8.68. The lowest BCUT2D eigenvalue weighted by Crippen LogP contribution is -2.19. The van der Waals surface area contributed by atoms with Crippen LogP contribution in [0.15, 0.2) is 53.4 Å². The summed E-state index contributed by atoms with van der Waals surface area (Å²) in [6.07, 6.45) is 3.99. The lowest BCUT2D eigenvalue weighted by Gasteiger charge is -2.17. The zero-order valence-electron chi connectivity index (χ0n) is 13.9. The van der Waals surface area contributed by atoms with Gasteiger partial charge in [-0.2, -0.15) is 0 Å². The highest BCUT2D eigenvalue weighted by Gasteiger charge is 2.42. The molecular formula is C18H20N2O4S. The van der Waals surface area contributed by atoms with Crippen LogP contribution in [0, 0.1) is 15.5 Å². The number of hydrogen-bond donors (Lipinski definition) is 1. The number of nitro groups is 1. The molecule has 0 spiro atoms. The van der Waals surface area contributed by atoms with Crippen molar-refractivity contribution in [3.63, 3.8) is 0 Å². The molecule has 1 aliphatic carbocycles. The second-order valence-electron chi connectivity index (χ2n) is 6.70. The maximum Gasteiger partial charge on any atom is 0.310 e. The third-order valence-electron chi connectivity index (χ3n) is 4.61. The molecule has 7 heteroatoms. The van der Waals surface area contributed by atoms with Gasteiger partial charge < -0.3 is 5.32 Å². The van der Waals surface area contributed by atoms with Gasteiger partial charge in [-0.25, -0.2) is 8.42 Å². The molecule has 0 aliphatic heterocycles. The molecule has 0 amide bonds. The Kier molecular flexibility index (Phi) is 4.51. The quantitative estimate of drug-likeness (QED) is 0.603. The first kappa shape index (κ1) is 17.4. The summed E-state index contributed by atoms with van der Waals surface area (Å²) in [6.45, 7) is 0.579. The van der Waals surface area contributed by atoms with Gasteiger partial charge >= 0.3 is 5.69 Å². The van der Waals surface area contributed by atoms with Gasteiger partial charge in [0.25, 0.3) is 0 Å². The van der Waals surface area contributed by atoms with Crippen molar-refractivity contribution in [3.05, 3.63) is 64.2 Å². The molecule has 0 radical (unpaired) electrons. The van der Waals surface area contributed by atoms with E-state index in [4.69, 9.17) is 0 Å². The van der Waals surface area contributed by atoms with Gasteiger partial charge in [0.05, 0.1) is 4.92 Å². The fraction of sp³-hybridized carbons (Fsp3) is 0.333. The van der Waals surface area contributed by atoms with E-state index in [2.05, 4.69) is 17.4 Å². The van der Waals surface area contributed by atoms with Crippen LogP contribution in [0.1, 0.15) is 18.4 Å². The Morgan fingerprint density at radius 2 is 1.80 bits per heavy atom. The van der Waals surface area contributed by atoms with Gasteiger partial charge in [-0.3, -0.25) is 10.1 Å². The van der Waals surface area contributed by atoms with E-state index in [0.717, 1.165) is 25.5 Å². The number of nitrogens with one attached hydrogen (secondary N) is 1. The molecule has 2 aromatic rings. The van der Waals surface area contributed by atoms with E-state index in [0.29, 0.717) is 6.54 Å². The minimum absolute atomic E-state index is 0.0797. The summed E-state index contributed by atoms with van der Waals surface area (Å²) in [5.41, 5.74) is 1.20. The molecule has 0 aromatic heterocycles. The topological polar surface area (TPSA) is 89.3 Å². The zero-order valence-corrected chi connectivity index (χ0v) is 14.8. The molecule has 0 unspecified atom stereocenters. The van der Waals surface area contributed by atoms with Crippen LogP contribution in [0.25, 0.3) is 0 Å². The van der Waals surface area contributed by atoms with E-state index in [1.165, 1.54) is 17.7 Å². The van der Waals surface area contributed by atoms with E-state index in [1.807, 2.05) is 18.2 Å². The SMILES string of the molecule is CS(=O)(=O)c1cccc(NCC2(Cc3ccccc3)CC2)c1[N+](=O)[O-]. The van der Waals surface area contributed by atoms with Crippen LogP contribution in [0.5, 0.6) is 0 Å². The van der Waals surface area contributed by atoms with Gasteiger partial charge in [-0.05, 0) is 42.4 Å². The van der Waals surface area contributed by atoms with E-state index in [1.54, 1.807) is 6.07 Å². The minimum atomic E-state index is -3.67. The fourth-order valence-corrected chi connectivity index (χ4v) is 3.92. The number of nitro benzene ring substituents is 1. The van der Waals surface area contributed by atoms with Gasteiger partial charge in [-0.1, -0.05) is 36.4 Å². The maximum absolute atomic E-state index is 11.8. The summed E-state index contributed by atoms with van der Waals surface area (Å²) >= 11 is 0. The average molecular weight is 360 g/mol. The summed E-state index contributed by atoms with van der Waals surface area (Å²) in [7, 11) is -3.67. The lowest BCUT2D eigenvalue weighted by molar-refractivity contribution is -0.386. The van der Waals surface area contributed by atoms with E-state index < -0.39 is 14.8 Å². The Hall–Kier alpha value is -2.41. The van der Waals surface area contributed by atoms with E-state index in [-0.39, 0.29) is 21.7 Å². The highest BCUT2D eigenvalue weighted by atomic mass is 32.2. The monoisotopic (exact) mass is 360 g/mol. The number of benzene rings is 2. The Morgan fingerprint density at radius 3 is 2.36 bits per heavy atom. The zero-order chi connectivity index (χ0) is 18.1. The van der Waals surface area contributed by atoms with Gasteiger partial charge in [-0.15, -0.1) is 0 Å². The molecule has 2 aromatic carbocycles. The van der Waals surface area contributed by atoms with Crippen molar-refractivity contribution in [3.8, 4) is 0 Å². The molecule has 6 nitrogen and oxygen atoms in total. The summed E-state index contributed by atoms with van der Waals surface area (Å²) in [4.78, 5) is 10.5.